The molecule has 1 N–H and O–H groups in total. The highest BCUT2D eigenvalue weighted by molar-refractivity contribution is 5.94. The number of carbonyl (C=O) groups is 1. The van der Waals surface area contributed by atoms with Crippen molar-refractivity contribution in [2.45, 2.75) is 38.6 Å². The molecule has 0 saturated heterocycles. The van der Waals surface area contributed by atoms with Crippen LogP contribution < -0.4 is 0 Å². The van der Waals surface area contributed by atoms with Crippen LogP contribution in [0.15, 0.2) is 36.7 Å². The summed E-state index contributed by atoms with van der Waals surface area (Å²) in [6.07, 6.45) is 7.19. The van der Waals surface area contributed by atoms with Gasteiger partial charge in [0.15, 0.2) is 0 Å². The van der Waals surface area contributed by atoms with Crippen LogP contribution in [0, 0.1) is 6.92 Å². The number of aliphatic hydroxyl groups is 1. The van der Waals surface area contributed by atoms with Crippen LogP contribution in [0.1, 0.15) is 41.6 Å². The molecular formula is C18H23N3O2. The highest BCUT2D eigenvalue weighted by Crippen LogP contribution is 2.28. The molecule has 23 heavy (non-hydrogen) atoms. The summed E-state index contributed by atoms with van der Waals surface area (Å²) in [6.45, 7) is 2.92. The Bertz CT molecular complexity index is 676. The Labute approximate surface area is 136 Å². The van der Waals surface area contributed by atoms with E-state index in [1.165, 1.54) is 0 Å². The minimum Gasteiger partial charge on any atom is -0.396 e. The van der Waals surface area contributed by atoms with E-state index >= 15 is 0 Å². The van der Waals surface area contributed by atoms with Crippen molar-refractivity contribution < 1.29 is 9.90 Å². The number of carbonyl (C=O) groups excluding carboxylic acids is 1. The van der Waals surface area contributed by atoms with Crippen molar-refractivity contribution in [3.8, 4) is 5.69 Å². The average molecular weight is 313 g/mol. The van der Waals surface area contributed by atoms with Crippen LogP contribution >= 0.6 is 0 Å². The van der Waals surface area contributed by atoms with Gasteiger partial charge in [0.2, 0.25) is 0 Å². The van der Waals surface area contributed by atoms with E-state index in [-0.39, 0.29) is 12.5 Å². The molecule has 3 rings (SSSR count). The number of hydrogen-bond acceptors (Lipinski definition) is 3. The predicted octanol–water partition coefficient (Wildman–Crippen LogP) is 2.56. The zero-order valence-corrected chi connectivity index (χ0v) is 13.5. The molecule has 1 aromatic heterocycles. The third-order valence-electron chi connectivity index (χ3n) is 4.25. The van der Waals surface area contributed by atoms with Crippen LogP contribution in [0.4, 0.5) is 0 Å². The number of amides is 1. The number of aryl methyl sites for hydroxylation is 1. The Morgan fingerprint density at radius 3 is 2.83 bits per heavy atom. The second-order valence-corrected chi connectivity index (χ2v) is 6.12. The lowest BCUT2D eigenvalue weighted by atomic mass is 10.2. The van der Waals surface area contributed by atoms with Crippen LogP contribution in [-0.2, 0) is 0 Å². The average Bonchev–Trinajstić information content (AvgIpc) is 3.28. The molecule has 1 amide bonds. The predicted molar refractivity (Wildman–Crippen MR) is 88.7 cm³/mol. The van der Waals surface area contributed by atoms with Gasteiger partial charge in [-0.25, -0.2) is 4.68 Å². The fourth-order valence-corrected chi connectivity index (χ4v) is 2.78. The van der Waals surface area contributed by atoms with Crippen LogP contribution in [0.2, 0.25) is 0 Å². The Morgan fingerprint density at radius 1 is 1.35 bits per heavy atom. The molecule has 0 unspecified atom stereocenters. The van der Waals surface area contributed by atoms with Gasteiger partial charge in [-0.3, -0.25) is 4.79 Å². The van der Waals surface area contributed by atoms with Crippen molar-refractivity contribution in [3.05, 3.63) is 47.8 Å². The Balaban J connectivity index is 1.76. The van der Waals surface area contributed by atoms with Crippen molar-refractivity contribution in [1.82, 2.24) is 14.7 Å². The molecule has 1 saturated carbocycles. The molecule has 0 spiro atoms. The van der Waals surface area contributed by atoms with E-state index in [0.717, 1.165) is 36.9 Å². The zero-order chi connectivity index (χ0) is 16.2. The zero-order valence-electron chi connectivity index (χ0n) is 13.5. The molecule has 1 aliphatic rings. The number of benzene rings is 1. The maximum absolute atomic E-state index is 12.8. The summed E-state index contributed by atoms with van der Waals surface area (Å²) in [6, 6.07) is 8.35. The van der Waals surface area contributed by atoms with Crippen molar-refractivity contribution in [2.75, 3.05) is 13.2 Å². The summed E-state index contributed by atoms with van der Waals surface area (Å²) in [5.74, 6) is 0.0465. The molecule has 5 heteroatoms. The van der Waals surface area contributed by atoms with Crippen molar-refractivity contribution >= 4 is 5.91 Å². The monoisotopic (exact) mass is 313 g/mol. The number of aliphatic hydroxyl groups excluding tert-OH is 1. The number of para-hydroxylation sites is 1. The number of nitrogens with zero attached hydrogens (tertiary/aromatic N) is 3. The second kappa shape index (κ2) is 6.96. The molecule has 122 valence electrons. The van der Waals surface area contributed by atoms with E-state index in [4.69, 9.17) is 5.11 Å². The SMILES string of the molecule is Cc1ccccc1-n1cc(C(=O)N(CCCCO)C2CC2)cn1. The number of hydrogen-bond donors (Lipinski definition) is 1. The van der Waals surface area contributed by atoms with E-state index in [2.05, 4.69) is 5.10 Å². The van der Waals surface area contributed by atoms with Gasteiger partial charge in [0, 0.05) is 25.4 Å². The van der Waals surface area contributed by atoms with E-state index in [0.29, 0.717) is 18.2 Å². The first kappa shape index (κ1) is 15.7. The van der Waals surface area contributed by atoms with Crippen LogP contribution in [-0.4, -0.2) is 44.9 Å². The molecule has 1 aromatic carbocycles. The summed E-state index contributed by atoms with van der Waals surface area (Å²) in [7, 11) is 0. The molecule has 0 bridgehead atoms. The second-order valence-electron chi connectivity index (χ2n) is 6.12. The van der Waals surface area contributed by atoms with Crippen LogP contribution in [0.3, 0.4) is 0 Å². The third-order valence-corrected chi connectivity index (χ3v) is 4.25. The minimum absolute atomic E-state index is 0.0465. The fourth-order valence-electron chi connectivity index (χ4n) is 2.78. The largest absolute Gasteiger partial charge is 0.396 e. The Hall–Kier alpha value is -2.14. The van der Waals surface area contributed by atoms with E-state index in [1.807, 2.05) is 42.3 Å². The first-order valence-electron chi connectivity index (χ1n) is 8.23. The van der Waals surface area contributed by atoms with Gasteiger partial charge in [-0.2, -0.15) is 5.10 Å². The van der Waals surface area contributed by atoms with Gasteiger partial charge in [-0.05, 0) is 44.2 Å². The summed E-state index contributed by atoms with van der Waals surface area (Å²) in [5.41, 5.74) is 2.74. The van der Waals surface area contributed by atoms with Gasteiger partial charge in [0.1, 0.15) is 0 Å². The molecule has 0 atom stereocenters. The number of aromatic nitrogens is 2. The molecule has 1 heterocycles. The topological polar surface area (TPSA) is 58.4 Å². The van der Waals surface area contributed by atoms with Crippen LogP contribution in [0.25, 0.3) is 5.69 Å². The van der Waals surface area contributed by atoms with Crippen molar-refractivity contribution in [1.29, 1.82) is 0 Å². The molecule has 0 aliphatic heterocycles. The smallest absolute Gasteiger partial charge is 0.257 e. The summed E-state index contributed by atoms with van der Waals surface area (Å²) in [4.78, 5) is 14.7. The summed E-state index contributed by atoms with van der Waals surface area (Å²) >= 11 is 0. The molecular weight excluding hydrogens is 290 g/mol. The molecule has 0 radical (unpaired) electrons. The van der Waals surface area contributed by atoms with Crippen molar-refractivity contribution in [3.63, 3.8) is 0 Å². The van der Waals surface area contributed by atoms with Crippen LogP contribution in [0.5, 0.6) is 0 Å². The lowest BCUT2D eigenvalue weighted by molar-refractivity contribution is 0.0737. The maximum Gasteiger partial charge on any atom is 0.257 e. The van der Waals surface area contributed by atoms with Crippen molar-refractivity contribution in [2.24, 2.45) is 0 Å². The van der Waals surface area contributed by atoms with E-state index in [9.17, 15) is 4.79 Å². The first-order valence-corrected chi connectivity index (χ1v) is 8.23. The van der Waals surface area contributed by atoms with Gasteiger partial charge in [-0.1, -0.05) is 18.2 Å². The quantitative estimate of drug-likeness (QED) is 0.799. The molecule has 1 aliphatic carbocycles. The lowest BCUT2D eigenvalue weighted by Crippen LogP contribution is -2.34. The Kier molecular flexibility index (Phi) is 4.76. The van der Waals surface area contributed by atoms with E-state index in [1.54, 1.807) is 10.9 Å². The minimum atomic E-state index is 0.0465. The first-order chi connectivity index (χ1) is 11.2. The molecule has 5 nitrogen and oxygen atoms in total. The van der Waals surface area contributed by atoms with Gasteiger partial charge in [0.25, 0.3) is 5.91 Å². The molecule has 1 fully saturated rings. The normalized spacial score (nSPS) is 14.0. The Morgan fingerprint density at radius 2 is 2.13 bits per heavy atom. The van der Waals surface area contributed by atoms with Gasteiger partial charge >= 0.3 is 0 Å². The standard InChI is InChI=1S/C18H23N3O2/c1-14-6-2-3-7-17(14)21-13-15(12-19-21)18(23)20(16-8-9-16)10-4-5-11-22/h2-3,6-7,12-13,16,22H,4-5,8-11H2,1H3. The molecule has 2 aromatic rings. The fraction of sp³-hybridized carbons (Fsp3) is 0.444. The number of unbranched alkanes of at least 4 members (excludes halogenated alkanes) is 1. The summed E-state index contributed by atoms with van der Waals surface area (Å²) in [5, 5.41) is 13.3. The van der Waals surface area contributed by atoms with Gasteiger partial charge in [0.05, 0.1) is 17.4 Å². The summed E-state index contributed by atoms with van der Waals surface area (Å²) < 4.78 is 1.77. The number of rotatable bonds is 7. The van der Waals surface area contributed by atoms with Gasteiger partial charge < -0.3 is 10.0 Å². The highest BCUT2D eigenvalue weighted by atomic mass is 16.3. The third kappa shape index (κ3) is 3.62. The maximum atomic E-state index is 12.8. The lowest BCUT2D eigenvalue weighted by Gasteiger charge is -2.21. The van der Waals surface area contributed by atoms with E-state index < -0.39 is 0 Å². The highest BCUT2D eigenvalue weighted by Gasteiger charge is 2.33. The van der Waals surface area contributed by atoms with Gasteiger partial charge in [-0.15, -0.1) is 0 Å².